The van der Waals surface area contributed by atoms with Gasteiger partial charge in [0, 0.05) is 19.6 Å². The van der Waals surface area contributed by atoms with Gasteiger partial charge in [-0.05, 0) is 18.6 Å². The van der Waals surface area contributed by atoms with E-state index in [2.05, 4.69) is 34.5 Å². The highest BCUT2D eigenvalue weighted by Crippen LogP contribution is 2.27. The highest BCUT2D eigenvalue weighted by atomic mass is 16.5. The molecule has 1 aliphatic rings. The van der Waals surface area contributed by atoms with Crippen LogP contribution in [0.2, 0.25) is 0 Å². The fraction of sp³-hybridized carbons (Fsp3) is 0.538. The molecule has 0 radical (unpaired) electrons. The van der Waals surface area contributed by atoms with E-state index in [1.54, 1.807) is 0 Å². The average molecular weight is 236 g/mol. The summed E-state index contributed by atoms with van der Waals surface area (Å²) in [7, 11) is 0. The normalized spacial score (nSPS) is 15.0. The van der Waals surface area contributed by atoms with Crippen LogP contribution in [-0.4, -0.2) is 44.6 Å². The number of nitrogens with one attached hydrogen (secondary N) is 1. The number of nitrogens with zero attached hydrogens (tertiary/aromatic N) is 1. The molecule has 4 nitrogen and oxygen atoms in total. The largest absolute Gasteiger partial charge is 0.394 e. The molecule has 0 bridgehead atoms. The second-order valence-corrected chi connectivity index (χ2v) is 4.12. The molecule has 0 unspecified atom stereocenters. The highest BCUT2D eigenvalue weighted by Gasteiger charge is 2.13. The summed E-state index contributed by atoms with van der Waals surface area (Å²) in [5.74, 6) is 0. The van der Waals surface area contributed by atoms with E-state index in [9.17, 15) is 0 Å². The van der Waals surface area contributed by atoms with Gasteiger partial charge in [0.05, 0.1) is 31.2 Å². The molecule has 17 heavy (non-hydrogen) atoms. The lowest BCUT2D eigenvalue weighted by Gasteiger charge is -2.24. The quantitative estimate of drug-likeness (QED) is 0.757. The highest BCUT2D eigenvalue weighted by molar-refractivity contribution is 5.70. The van der Waals surface area contributed by atoms with E-state index < -0.39 is 0 Å². The molecule has 1 aliphatic heterocycles. The number of fused-ring (bicyclic) bond motifs is 1. The Balaban J connectivity index is 1.97. The van der Waals surface area contributed by atoms with E-state index in [0.29, 0.717) is 13.2 Å². The molecular weight excluding hydrogens is 216 g/mol. The maximum Gasteiger partial charge on any atom is 0.0698 e. The molecule has 4 heteroatoms. The van der Waals surface area contributed by atoms with Crippen molar-refractivity contribution in [3.05, 3.63) is 24.3 Å². The minimum absolute atomic E-state index is 0.0954. The lowest BCUT2D eigenvalue weighted by molar-refractivity contribution is 0.0967. The number of hydrogen-bond acceptors (Lipinski definition) is 4. The Hall–Kier alpha value is -1.26. The topological polar surface area (TPSA) is 44.7 Å². The molecule has 2 rings (SSSR count). The van der Waals surface area contributed by atoms with Crippen LogP contribution in [0.3, 0.4) is 0 Å². The van der Waals surface area contributed by atoms with Gasteiger partial charge in [0.25, 0.3) is 0 Å². The van der Waals surface area contributed by atoms with Gasteiger partial charge in [-0.1, -0.05) is 12.1 Å². The molecule has 0 saturated heterocycles. The van der Waals surface area contributed by atoms with E-state index in [1.807, 2.05) is 0 Å². The lowest BCUT2D eigenvalue weighted by Crippen LogP contribution is -2.28. The first kappa shape index (κ1) is 12.2. The number of aliphatic hydroxyl groups is 1. The molecule has 1 heterocycles. The SMILES string of the molecule is OCCOCCN1CCCNc2ccccc21. The van der Waals surface area contributed by atoms with E-state index in [-0.39, 0.29) is 6.61 Å². The van der Waals surface area contributed by atoms with Crippen molar-refractivity contribution in [1.29, 1.82) is 0 Å². The van der Waals surface area contributed by atoms with Crippen LogP contribution in [0.25, 0.3) is 0 Å². The third-order valence-electron chi connectivity index (χ3n) is 2.91. The van der Waals surface area contributed by atoms with E-state index in [0.717, 1.165) is 26.1 Å². The van der Waals surface area contributed by atoms with Crippen molar-refractivity contribution in [2.75, 3.05) is 49.7 Å². The van der Waals surface area contributed by atoms with Crippen molar-refractivity contribution in [2.24, 2.45) is 0 Å². The van der Waals surface area contributed by atoms with Crippen molar-refractivity contribution in [3.63, 3.8) is 0 Å². The molecule has 0 fully saturated rings. The zero-order valence-corrected chi connectivity index (χ0v) is 10.1. The molecule has 0 amide bonds. The summed E-state index contributed by atoms with van der Waals surface area (Å²) in [6, 6.07) is 8.37. The zero-order chi connectivity index (χ0) is 11.9. The van der Waals surface area contributed by atoms with Crippen LogP contribution in [0.1, 0.15) is 6.42 Å². The second kappa shape index (κ2) is 6.47. The number of anilines is 2. The molecule has 0 spiro atoms. The van der Waals surface area contributed by atoms with Gasteiger partial charge in [-0.3, -0.25) is 0 Å². The third-order valence-corrected chi connectivity index (χ3v) is 2.91. The number of benzene rings is 1. The number of rotatable bonds is 5. The van der Waals surface area contributed by atoms with Gasteiger partial charge in [-0.25, -0.2) is 0 Å². The van der Waals surface area contributed by atoms with Crippen molar-refractivity contribution < 1.29 is 9.84 Å². The number of hydrogen-bond donors (Lipinski definition) is 2. The van der Waals surface area contributed by atoms with Gasteiger partial charge in [-0.15, -0.1) is 0 Å². The number of aliphatic hydroxyl groups excluding tert-OH is 1. The molecule has 2 N–H and O–H groups in total. The van der Waals surface area contributed by atoms with Gasteiger partial charge in [0.2, 0.25) is 0 Å². The fourth-order valence-electron chi connectivity index (χ4n) is 2.09. The average Bonchev–Trinajstić information content (AvgIpc) is 2.57. The molecule has 1 aromatic rings. The maximum atomic E-state index is 8.66. The summed E-state index contributed by atoms with van der Waals surface area (Å²) in [6.45, 7) is 4.12. The van der Waals surface area contributed by atoms with Crippen molar-refractivity contribution in [3.8, 4) is 0 Å². The standard InChI is InChI=1S/C13H20N2O2/c16-9-11-17-10-8-15-7-3-6-14-12-4-1-2-5-13(12)15/h1-2,4-5,14,16H,3,6-11H2. The van der Waals surface area contributed by atoms with Crippen LogP contribution in [0.4, 0.5) is 11.4 Å². The van der Waals surface area contributed by atoms with Crippen LogP contribution in [0.5, 0.6) is 0 Å². The first-order valence-corrected chi connectivity index (χ1v) is 6.18. The van der Waals surface area contributed by atoms with E-state index in [4.69, 9.17) is 9.84 Å². The van der Waals surface area contributed by atoms with Crippen molar-refractivity contribution in [1.82, 2.24) is 0 Å². The Labute approximate surface area is 102 Å². The molecule has 1 aromatic carbocycles. The molecule has 0 aromatic heterocycles. The molecule has 94 valence electrons. The van der Waals surface area contributed by atoms with Crippen LogP contribution >= 0.6 is 0 Å². The Kier molecular flexibility index (Phi) is 4.64. The number of ether oxygens (including phenoxy) is 1. The predicted molar refractivity (Wildman–Crippen MR) is 69.7 cm³/mol. The van der Waals surface area contributed by atoms with Crippen LogP contribution in [0, 0.1) is 0 Å². The van der Waals surface area contributed by atoms with Gasteiger partial charge in [-0.2, -0.15) is 0 Å². The number of para-hydroxylation sites is 2. The van der Waals surface area contributed by atoms with Crippen LogP contribution in [0.15, 0.2) is 24.3 Å². The van der Waals surface area contributed by atoms with E-state index in [1.165, 1.54) is 11.4 Å². The fourth-order valence-corrected chi connectivity index (χ4v) is 2.09. The second-order valence-electron chi connectivity index (χ2n) is 4.12. The van der Waals surface area contributed by atoms with Crippen molar-refractivity contribution in [2.45, 2.75) is 6.42 Å². The van der Waals surface area contributed by atoms with Crippen LogP contribution in [-0.2, 0) is 4.74 Å². The monoisotopic (exact) mass is 236 g/mol. The Morgan fingerprint density at radius 2 is 2.18 bits per heavy atom. The summed E-state index contributed by atoms with van der Waals surface area (Å²) in [6.07, 6.45) is 1.13. The smallest absolute Gasteiger partial charge is 0.0698 e. The Bertz CT molecular complexity index is 344. The minimum atomic E-state index is 0.0954. The van der Waals surface area contributed by atoms with Gasteiger partial charge < -0.3 is 20.1 Å². The summed E-state index contributed by atoms with van der Waals surface area (Å²) < 4.78 is 5.33. The molecule has 0 atom stereocenters. The first-order chi connectivity index (χ1) is 8.42. The van der Waals surface area contributed by atoms with Gasteiger partial charge in [0.1, 0.15) is 0 Å². The lowest BCUT2D eigenvalue weighted by atomic mass is 10.2. The maximum absolute atomic E-state index is 8.66. The zero-order valence-electron chi connectivity index (χ0n) is 10.1. The molecule has 0 saturated carbocycles. The Morgan fingerprint density at radius 1 is 1.29 bits per heavy atom. The Morgan fingerprint density at radius 3 is 3.06 bits per heavy atom. The molecule has 0 aliphatic carbocycles. The molecular formula is C13H20N2O2. The first-order valence-electron chi connectivity index (χ1n) is 6.18. The van der Waals surface area contributed by atoms with Gasteiger partial charge in [0.15, 0.2) is 0 Å². The van der Waals surface area contributed by atoms with Crippen LogP contribution < -0.4 is 10.2 Å². The summed E-state index contributed by atoms with van der Waals surface area (Å²) >= 11 is 0. The van der Waals surface area contributed by atoms with E-state index >= 15 is 0 Å². The summed E-state index contributed by atoms with van der Waals surface area (Å²) in [5.41, 5.74) is 2.45. The summed E-state index contributed by atoms with van der Waals surface area (Å²) in [4.78, 5) is 2.34. The minimum Gasteiger partial charge on any atom is -0.394 e. The van der Waals surface area contributed by atoms with Gasteiger partial charge >= 0.3 is 0 Å². The summed E-state index contributed by atoms with van der Waals surface area (Å²) in [5, 5.41) is 12.1. The predicted octanol–water partition coefficient (Wildman–Crippen LogP) is 1.32. The van der Waals surface area contributed by atoms with Crippen molar-refractivity contribution >= 4 is 11.4 Å². The third kappa shape index (κ3) is 3.35.